The van der Waals surface area contributed by atoms with Crippen LogP contribution in [0.3, 0.4) is 0 Å². The summed E-state index contributed by atoms with van der Waals surface area (Å²) >= 11 is 0. The summed E-state index contributed by atoms with van der Waals surface area (Å²) < 4.78 is 5.40. The Labute approximate surface area is 189 Å². The topological polar surface area (TPSA) is 120 Å². The first-order valence-corrected chi connectivity index (χ1v) is 10.0. The Kier molecular flexibility index (Phi) is 6.31. The van der Waals surface area contributed by atoms with E-state index in [1.807, 2.05) is 37.3 Å². The highest BCUT2D eigenvalue weighted by atomic mass is 16.6. The van der Waals surface area contributed by atoms with Gasteiger partial charge >= 0.3 is 0 Å². The number of aromatic nitrogens is 3. The predicted molar refractivity (Wildman–Crippen MR) is 123 cm³/mol. The number of non-ortho nitro benzene ring substituents is 1. The van der Waals surface area contributed by atoms with Crippen LogP contribution in [-0.2, 0) is 4.79 Å². The summed E-state index contributed by atoms with van der Waals surface area (Å²) in [5.74, 6) is 0.165. The molecule has 33 heavy (non-hydrogen) atoms. The number of carbonyl (C=O) groups is 1. The fourth-order valence-corrected chi connectivity index (χ4v) is 3.15. The van der Waals surface area contributed by atoms with Gasteiger partial charge in [0.1, 0.15) is 11.4 Å². The third-order valence-electron chi connectivity index (χ3n) is 4.68. The van der Waals surface area contributed by atoms with Gasteiger partial charge in [-0.3, -0.25) is 24.9 Å². The van der Waals surface area contributed by atoms with E-state index >= 15 is 0 Å². The largest absolute Gasteiger partial charge is 0.484 e. The van der Waals surface area contributed by atoms with E-state index in [1.54, 1.807) is 18.5 Å². The minimum atomic E-state index is -0.505. The average molecular weight is 441 g/mol. The van der Waals surface area contributed by atoms with Crippen LogP contribution in [0.4, 0.5) is 11.5 Å². The average Bonchev–Trinajstić information content (AvgIpc) is 2.83. The summed E-state index contributed by atoms with van der Waals surface area (Å²) in [6.45, 7) is 1.71. The molecule has 2 aromatic carbocycles. The van der Waals surface area contributed by atoms with Crippen LogP contribution < -0.4 is 10.1 Å². The Morgan fingerprint density at radius 3 is 2.52 bits per heavy atom. The maximum Gasteiger partial charge on any atom is 0.269 e. The van der Waals surface area contributed by atoms with E-state index in [2.05, 4.69) is 20.3 Å². The monoisotopic (exact) mass is 441 g/mol. The first-order chi connectivity index (χ1) is 16.0. The van der Waals surface area contributed by atoms with Crippen molar-refractivity contribution in [2.45, 2.75) is 6.92 Å². The van der Waals surface area contributed by atoms with Crippen LogP contribution in [0.2, 0.25) is 0 Å². The molecule has 0 saturated carbocycles. The van der Waals surface area contributed by atoms with Crippen LogP contribution in [0.25, 0.3) is 22.5 Å². The summed E-state index contributed by atoms with van der Waals surface area (Å²) in [7, 11) is 0. The van der Waals surface area contributed by atoms with Crippen LogP contribution in [0, 0.1) is 17.0 Å². The van der Waals surface area contributed by atoms with E-state index in [4.69, 9.17) is 4.74 Å². The number of ether oxygens (including phenoxy) is 1. The van der Waals surface area contributed by atoms with E-state index in [-0.39, 0.29) is 18.1 Å². The summed E-state index contributed by atoms with van der Waals surface area (Å²) in [6.07, 6.45) is 4.85. The molecule has 0 atom stereocenters. The standard InChI is InChI=1S/C24H19N5O4/c1-16-4-2-5-17(12-16)23-24(18-6-3-11-25-13-18)28-21(14-26-23)27-22(30)15-33-20-9-7-19(8-10-20)29(31)32/h2-14H,15H2,1H3,(H,27,28,30). The quantitative estimate of drug-likeness (QED) is 0.332. The van der Waals surface area contributed by atoms with Gasteiger partial charge in [0.05, 0.1) is 16.8 Å². The van der Waals surface area contributed by atoms with Crippen molar-refractivity contribution in [2.24, 2.45) is 0 Å². The number of carbonyl (C=O) groups excluding carboxylic acids is 1. The number of hydrogen-bond donors (Lipinski definition) is 1. The van der Waals surface area contributed by atoms with E-state index in [0.29, 0.717) is 17.1 Å². The highest BCUT2D eigenvalue weighted by Crippen LogP contribution is 2.29. The van der Waals surface area contributed by atoms with E-state index in [1.165, 1.54) is 30.5 Å². The molecule has 1 amide bonds. The molecule has 0 fully saturated rings. The molecule has 0 unspecified atom stereocenters. The minimum absolute atomic E-state index is 0.0568. The second-order valence-corrected chi connectivity index (χ2v) is 7.15. The van der Waals surface area contributed by atoms with E-state index in [0.717, 1.165) is 16.7 Å². The second-order valence-electron chi connectivity index (χ2n) is 7.15. The van der Waals surface area contributed by atoms with Crippen LogP contribution in [0.1, 0.15) is 5.56 Å². The number of hydrogen-bond acceptors (Lipinski definition) is 7. The number of pyridine rings is 1. The lowest BCUT2D eigenvalue weighted by Crippen LogP contribution is -2.21. The number of nitro benzene ring substituents is 1. The molecule has 1 N–H and O–H groups in total. The van der Waals surface area contributed by atoms with Gasteiger partial charge in [0.25, 0.3) is 11.6 Å². The molecule has 9 heteroatoms. The number of benzene rings is 2. The van der Waals surface area contributed by atoms with Gasteiger partial charge in [-0.2, -0.15) is 0 Å². The van der Waals surface area contributed by atoms with Crippen molar-refractivity contribution in [3.63, 3.8) is 0 Å². The molecular weight excluding hydrogens is 422 g/mol. The third-order valence-corrected chi connectivity index (χ3v) is 4.68. The Morgan fingerprint density at radius 2 is 1.82 bits per heavy atom. The van der Waals surface area contributed by atoms with Gasteiger partial charge in [0.2, 0.25) is 0 Å². The van der Waals surface area contributed by atoms with Gasteiger partial charge < -0.3 is 10.1 Å². The second kappa shape index (κ2) is 9.65. The van der Waals surface area contributed by atoms with Crippen LogP contribution in [-0.4, -0.2) is 32.4 Å². The van der Waals surface area contributed by atoms with Crippen molar-refractivity contribution in [2.75, 3.05) is 11.9 Å². The number of nitrogens with zero attached hydrogens (tertiary/aromatic N) is 4. The molecule has 4 aromatic rings. The molecule has 2 heterocycles. The highest BCUT2D eigenvalue weighted by Gasteiger charge is 2.14. The maximum absolute atomic E-state index is 12.4. The molecule has 0 bridgehead atoms. The predicted octanol–water partition coefficient (Wildman–Crippen LogP) is 4.44. The zero-order valence-electron chi connectivity index (χ0n) is 17.6. The van der Waals surface area contributed by atoms with Crippen molar-refractivity contribution in [3.8, 4) is 28.3 Å². The molecule has 164 valence electrons. The Bertz CT molecular complexity index is 1290. The van der Waals surface area contributed by atoms with Crippen molar-refractivity contribution in [1.82, 2.24) is 15.0 Å². The van der Waals surface area contributed by atoms with Gasteiger partial charge in [-0.1, -0.05) is 23.8 Å². The number of nitrogens with one attached hydrogen (secondary N) is 1. The Hall–Kier alpha value is -4.66. The fourth-order valence-electron chi connectivity index (χ4n) is 3.15. The van der Waals surface area contributed by atoms with Gasteiger partial charge in [-0.25, -0.2) is 4.98 Å². The SMILES string of the molecule is Cc1cccc(-c2ncc(NC(=O)COc3ccc([N+](=O)[O-])cc3)nc2-c2cccnc2)c1. The van der Waals surface area contributed by atoms with Crippen molar-refractivity contribution < 1.29 is 14.5 Å². The Morgan fingerprint density at radius 1 is 1.03 bits per heavy atom. The van der Waals surface area contributed by atoms with Crippen molar-refractivity contribution in [1.29, 1.82) is 0 Å². The Balaban J connectivity index is 1.53. The lowest BCUT2D eigenvalue weighted by atomic mass is 10.0. The molecule has 0 aliphatic heterocycles. The van der Waals surface area contributed by atoms with Crippen molar-refractivity contribution in [3.05, 3.63) is 94.9 Å². The van der Waals surface area contributed by atoms with Gasteiger partial charge in [0, 0.05) is 35.7 Å². The number of rotatable bonds is 7. The summed E-state index contributed by atoms with van der Waals surface area (Å²) in [4.78, 5) is 35.9. The zero-order chi connectivity index (χ0) is 23.2. The number of nitro groups is 1. The summed E-state index contributed by atoms with van der Waals surface area (Å²) in [5.41, 5.74) is 3.96. The normalized spacial score (nSPS) is 10.5. The molecular formula is C24H19N5O4. The number of amides is 1. The van der Waals surface area contributed by atoms with Crippen LogP contribution in [0.15, 0.2) is 79.3 Å². The number of anilines is 1. The number of aryl methyl sites for hydroxylation is 1. The van der Waals surface area contributed by atoms with Crippen LogP contribution in [0.5, 0.6) is 5.75 Å². The molecule has 0 saturated heterocycles. The molecule has 0 aliphatic carbocycles. The van der Waals surface area contributed by atoms with Gasteiger partial charge in [-0.05, 0) is 37.3 Å². The first kappa shape index (κ1) is 21.6. The third kappa shape index (κ3) is 5.34. The summed E-state index contributed by atoms with van der Waals surface area (Å²) in [6, 6.07) is 17.1. The smallest absolute Gasteiger partial charge is 0.269 e. The lowest BCUT2D eigenvalue weighted by molar-refractivity contribution is -0.384. The zero-order valence-corrected chi connectivity index (χ0v) is 17.6. The van der Waals surface area contributed by atoms with Gasteiger partial charge in [-0.15, -0.1) is 0 Å². The van der Waals surface area contributed by atoms with E-state index < -0.39 is 10.8 Å². The van der Waals surface area contributed by atoms with E-state index in [9.17, 15) is 14.9 Å². The van der Waals surface area contributed by atoms with Gasteiger partial charge in [0.15, 0.2) is 12.4 Å². The maximum atomic E-state index is 12.4. The molecule has 0 spiro atoms. The van der Waals surface area contributed by atoms with Crippen LogP contribution >= 0.6 is 0 Å². The molecule has 0 radical (unpaired) electrons. The highest BCUT2D eigenvalue weighted by molar-refractivity contribution is 5.91. The fraction of sp³-hybridized carbons (Fsp3) is 0.0833. The van der Waals surface area contributed by atoms with Crippen molar-refractivity contribution >= 4 is 17.4 Å². The summed E-state index contributed by atoms with van der Waals surface area (Å²) in [5, 5.41) is 13.4. The molecule has 0 aliphatic rings. The molecule has 9 nitrogen and oxygen atoms in total. The first-order valence-electron chi connectivity index (χ1n) is 10.0. The molecule has 2 aromatic heterocycles. The molecule has 4 rings (SSSR count). The minimum Gasteiger partial charge on any atom is -0.484 e. The lowest BCUT2D eigenvalue weighted by Gasteiger charge is -2.12.